The summed E-state index contributed by atoms with van der Waals surface area (Å²) in [5.41, 5.74) is 1.16. The second-order valence-corrected chi connectivity index (χ2v) is 5.88. The van der Waals surface area contributed by atoms with E-state index >= 15 is 0 Å². The van der Waals surface area contributed by atoms with E-state index in [9.17, 15) is 5.11 Å². The van der Waals surface area contributed by atoms with Gasteiger partial charge in [0, 0.05) is 76.5 Å². The van der Waals surface area contributed by atoms with Gasteiger partial charge >= 0.3 is 0 Å². The SMILES string of the molecule is CC.COc1ccccc1N1CCN(C[C@@H](O)CN(C)C)CC1.II. The van der Waals surface area contributed by atoms with E-state index in [1.165, 1.54) is 0 Å². The average Bonchev–Trinajstić information content (AvgIpc) is 2.65. The molecule has 25 heavy (non-hydrogen) atoms. The van der Waals surface area contributed by atoms with Crippen molar-refractivity contribution in [3.8, 4) is 5.75 Å². The van der Waals surface area contributed by atoms with Crippen molar-refractivity contribution in [3.63, 3.8) is 0 Å². The topological polar surface area (TPSA) is 39.2 Å². The molecule has 5 nitrogen and oxygen atoms in total. The fraction of sp³-hybridized carbons (Fsp3) is 0.667. The molecule has 0 aromatic heterocycles. The smallest absolute Gasteiger partial charge is 0.142 e. The lowest BCUT2D eigenvalue weighted by atomic mass is 10.2. The third-order valence-electron chi connectivity index (χ3n) is 3.84. The molecule has 1 N–H and O–H groups in total. The van der Waals surface area contributed by atoms with Crippen LogP contribution in [0.5, 0.6) is 5.75 Å². The Morgan fingerprint density at radius 1 is 1.12 bits per heavy atom. The van der Waals surface area contributed by atoms with Crippen LogP contribution in [0.3, 0.4) is 0 Å². The van der Waals surface area contributed by atoms with Gasteiger partial charge in [-0.3, -0.25) is 4.90 Å². The first-order chi connectivity index (χ1) is 12.1. The molecule has 0 saturated carbocycles. The van der Waals surface area contributed by atoms with Gasteiger partial charge in [0.15, 0.2) is 0 Å². The van der Waals surface area contributed by atoms with E-state index < -0.39 is 0 Å². The lowest BCUT2D eigenvalue weighted by molar-refractivity contribution is 0.0860. The zero-order valence-corrected chi connectivity index (χ0v) is 20.4. The van der Waals surface area contributed by atoms with E-state index in [1.807, 2.05) is 51.0 Å². The van der Waals surface area contributed by atoms with Gasteiger partial charge in [0.25, 0.3) is 0 Å². The van der Waals surface area contributed by atoms with Crippen LogP contribution in [0.1, 0.15) is 13.8 Å². The summed E-state index contributed by atoms with van der Waals surface area (Å²) >= 11 is 4.24. The molecule has 1 aliphatic rings. The minimum atomic E-state index is -0.280. The number of piperazine rings is 1. The van der Waals surface area contributed by atoms with Crippen molar-refractivity contribution in [1.82, 2.24) is 9.80 Å². The number of likely N-dealkylation sites (N-methyl/N-ethyl adjacent to an activating group) is 1. The van der Waals surface area contributed by atoms with Gasteiger partial charge in [-0.15, -0.1) is 0 Å². The number of benzene rings is 1. The van der Waals surface area contributed by atoms with Crippen LogP contribution in [-0.4, -0.2) is 81.5 Å². The first-order valence-corrected chi connectivity index (χ1v) is 15.0. The molecule has 2 rings (SSSR count). The minimum Gasteiger partial charge on any atom is -0.495 e. The number of hydrogen-bond acceptors (Lipinski definition) is 5. The molecule has 1 heterocycles. The Bertz CT molecular complexity index is 442. The molecule has 0 aliphatic carbocycles. The largest absolute Gasteiger partial charge is 0.495 e. The zero-order valence-electron chi connectivity index (χ0n) is 16.1. The van der Waals surface area contributed by atoms with Crippen LogP contribution in [0.15, 0.2) is 24.3 Å². The monoisotopic (exact) mass is 577 g/mol. The van der Waals surface area contributed by atoms with E-state index in [1.54, 1.807) is 7.11 Å². The Morgan fingerprint density at radius 3 is 2.20 bits per heavy atom. The number of methoxy groups -OCH3 is 1. The van der Waals surface area contributed by atoms with Gasteiger partial charge in [0.05, 0.1) is 18.9 Å². The highest BCUT2D eigenvalue weighted by Crippen LogP contribution is 2.28. The summed E-state index contributed by atoms with van der Waals surface area (Å²) in [7, 11) is 5.69. The summed E-state index contributed by atoms with van der Waals surface area (Å²) in [6.07, 6.45) is -0.280. The molecule has 1 aromatic carbocycles. The van der Waals surface area contributed by atoms with Gasteiger partial charge in [-0.25, -0.2) is 0 Å². The highest BCUT2D eigenvalue weighted by atomic mass is 128. The van der Waals surface area contributed by atoms with Crippen LogP contribution >= 0.6 is 37.2 Å². The lowest BCUT2D eigenvalue weighted by Gasteiger charge is -2.37. The molecule has 146 valence electrons. The number of hydrogen-bond donors (Lipinski definition) is 1. The van der Waals surface area contributed by atoms with Crippen LogP contribution in [-0.2, 0) is 0 Å². The number of rotatable bonds is 6. The maximum absolute atomic E-state index is 10.0. The molecule has 0 spiro atoms. The maximum atomic E-state index is 10.0. The highest BCUT2D eigenvalue weighted by molar-refractivity contribution is 15.0. The van der Waals surface area contributed by atoms with Crippen LogP contribution in [0.25, 0.3) is 0 Å². The van der Waals surface area contributed by atoms with Gasteiger partial charge in [-0.1, -0.05) is 26.0 Å². The molecule has 1 atom stereocenters. The van der Waals surface area contributed by atoms with Crippen LogP contribution in [0.4, 0.5) is 5.69 Å². The average molecular weight is 577 g/mol. The van der Waals surface area contributed by atoms with Crippen molar-refractivity contribution in [2.24, 2.45) is 0 Å². The van der Waals surface area contributed by atoms with Crippen molar-refractivity contribution in [1.29, 1.82) is 0 Å². The third kappa shape index (κ3) is 9.60. The quantitative estimate of drug-likeness (QED) is 0.525. The summed E-state index contributed by atoms with van der Waals surface area (Å²) in [6.45, 7) is 9.35. The standard InChI is InChI=1S/C16H27N3O2.C2H6.I2/c1-17(2)12-14(20)13-18-8-10-19(11-9-18)15-6-4-5-7-16(15)21-3;2*1-2/h4-7,14,20H,8-13H2,1-3H3;1-2H3;/t14-;;/m0../s1. The maximum Gasteiger partial charge on any atom is 0.142 e. The Kier molecular flexibility index (Phi) is 15.3. The summed E-state index contributed by atoms with van der Waals surface area (Å²) in [5.74, 6) is 0.929. The first-order valence-electron chi connectivity index (χ1n) is 8.67. The fourth-order valence-electron chi connectivity index (χ4n) is 2.84. The normalized spacial score (nSPS) is 15.6. The molecule has 0 unspecified atom stereocenters. The number of halogens is 2. The van der Waals surface area contributed by atoms with Crippen molar-refractivity contribution in [3.05, 3.63) is 24.3 Å². The molecule has 1 aromatic rings. The number of ether oxygens (including phenoxy) is 1. The van der Waals surface area contributed by atoms with Gasteiger partial charge in [-0.2, -0.15) is 0 Å². The Balaban J connectivity index is 0.00000134. The molecule has 0 radical (unpaired) electrons. The van der Waals surface area contributed by atoms with Crippen LogP contribution < -0.4 is 9.64 Å². The van der Waals surface area contributed by atoms with Crippen LogP contribution in [0.2, 0.25) is 0 Å². The molecule has 1 saturated heterocycles. The number of β-amino-alcohol motifs (C(OH)–C–C–N with tert-alkyl or cyclic N) is 1. The second kappa shape index (κ2) is 15.2. The van der Waals surface area contributed by atoms with E-state index in [4.69, 9.17) is 4.74 Å². The summed E-state index contributed by atoms with van der Waals surface area (Å²) < 4.78 is 5.43. The number of para-hydroxylation sites is 2. The van der Waals surface area contributed by atoms with E-state index in [0.717, 1.165) is 44.2 Å². The van der Waals surface area contributed by atoms with Gasteiger partial charge in [0.1, 0.15) is 5.75 Å². The second-order valence-electron chi connectivity index (χ2n) is 5.88. The minimum absolute atomic E-state index is 0.280. The lowest BCUT2D eigenvalue weighted by Crippen LogP contribution is -2.49. The zero-order chi connectivity index (χ0) is 19.2. The Labute approximate surface area is 177 Å². The fourth-order valence-corrected chi connectivity index (χ4v) is 2.84. The Morgan fingerprint density at radius 2 is 1.68 bits per heavy atom. The third-order valence-corrected chi connectivity index (χ3v) is 3.84. The first kappa shape index (κ1) is 25.2. The van der Waals surface area contributed by atoms with E-state index in [-0.39, 0.29) is 6.10 Å². The molecular weight excluding hydrogens is 544 g/mol. The number of anilines is 1. The molecule has 7 heteroatoms. The predicted molar refractivity (Wildman–Crippen MR) is 126 cm³/mol. The van der Waals surface area contributed by atoms with Crippen molar-refractivity contribution in [2.75, 3.05) is 65.4 Å². The van der Waals surface area contributed by atoms with Crippen molar-refractivity contribution in [2.45, 2.75) is 20.0 Å². The van der Waals surface area contributed by atoms with E-state index in [0.29, 0.717) is 6.54 Å². The molecule has 0 amide bonds. The molecule has 1 aliphatic heterocycles. The summed E-state index contributed by atoms with van der Waals surface area (Å²) in [6, 6.07) is 8.15. The van der Waals surface area contributed by atoms with Gasteiger partial charge < -0.3 is 19.6 Å². The highest BCUT2D eigenvalue weighted by Gasteiger charge is 2.21. The van der Waals surface area contributed by atoms with Crippen molar-refractivity contribution >= 4 is 42.9 Å². The summed E-state index contributed by atoms with van der Waals surface area (Å²) in [5, 5.41) is 10.0. The summed E-state index contributed by atoms with van der Waals surface area (Å²) in [4.78, 5) is 6.71. The van der Waals surface area contributed by atoms with Gasteiger partial charge in [-0.05, 0) is 26.2 Å². The number of aliphatic hydroxyl groups excluding tert-OH is 1. The van der Waals surface area contributed by atoms with E-state index in [2.05, 4.69) is 53.1 Å². The Hall–Kier alpha value is 0.160. The molecular formula is C18H33I2N3O2. The number of aliphatic hydroxyl groups is 1. The molecule has 0 bridgehead atoms. The van der Waals surface area contributed by atoms with Gasteiger partial charge in [0.2, 0.25) is 0 Å². The molecule has 1 fully saturated rings. The number of nitrogens with zero attached hydrogens (tertiary/aromatic N) is 3. The van der Waals surface area contributed by atoms with Crippen LogP contribution in [0, 0.1) is 0 Å². The van der Waals surface area contributed by atoms with Crippen molar-refractivity contribution < 1.29 is 9.84 Å². The predicted octanol–water partition coefficient (Wildman–Crippen LogP) is 3.54.